The highest BCUT2D eigenvalue weighted by Crippen LogP contribution is 2.35. The molecule has 114 valence electrons. The molecule has 0 saturated carbocycles. The minimum Gasteiger partial charge on any atom is -0.486 e. The number of nitrogens with zero attached hydrogens (tertiary/aromatic N) is 1. The third-order valence-electron chi connectivity index (χ3n) is 4.59. The van der Waals surface area contributed by atoms with Gasteiger partial charge in [0.25, 0.3) is 0 Å². The van der Waals surface area contributed by atoms with Gasteiger partial charge in [-0.15, -0.1) is 0 Å². The largest absolute Gasteiger partial charge is 0.486 e. The zero-order chi connectivity index (χ0) is 14.8. The first-order valence-electron chi connectivity index (χ1n) is 7.95. The second-order valence-corrected chi connectivity index (χ2v) is 6.10. The number of carbonyl (C=O) groups excluding carboxylic acids is 1. The van der Waals surface area contributed by atoms with Gasteiger partial charge in [0.15, 0.2) is 5.78 Å². The summed E-state index contributed by atoms with van der Waals surface area (Å²) in [6.07, 6.45) is 3.13. The summed E-state index contributed by atoms with van der Waals surface area (Å²) in [7, 11) is 2.07. The number of anilines is 1. The van der Waals surface area contributed by atoms with Gasteiger partial charge in [0.2, 0.25) is 0 Å². The first-order valence-corrected chi connectivity index (χ1v) is 7.95. The number of benzene rings is 1. The molecular formula is C17H24N2O2. The van der Waals surface area contributed by atoms with E-state index in [4.69, 9.17) is 4.74 Å². The molecule has 0 aliphatic carbocycles. The molecule has 2 heterocycles. The molecule has 0 bridgehead atoms. The molecule has 1 N–H and O–H groups in total. The lowest BCUT2D eigenvalue weighted by atomic mass is 9.89. The van der Waals surface area contributed by atoms with E-state index < -0.39 is 0 Å². The highest BCUT2D eigenvalue weighted by molar-refractivity contribution is 5.99. The molecule has 21 heavy (non-hydrogen) atoms. The minimum absolute atomic E-state index is 0.169. The molecule has 0 radical (unpaired) electrons. The van der Waals surface area contributed by atoms with Crippen LogP contribution in [0.1, 0.15) is 36.5 Å². The summed E-state index contributed by atoms with van der Waals surface area (Å²) in [6.45, 7) is 4.91. The van der Waals surface area contributed by atoms with Crippen molar-refractivity contribution in [2.24, 2.45) is 5.92 Å². The second kappa shape index (κ2) is 6.06. The Balaban J connectivity index is 1.82. The van der Waals surface area contributed by atoms with Crippen molar-refractivity contribution in [3.8, 4) is 5.75 Å². The molecule has 3 rings (SSSR count). The van der Waals surface area contributed by atoms with Gasteiger partial charge >= 0.3 is 0 Å². The van der Waals surface area contributed by atoms with E-state index in [-0.39, 0.29) is 17.8 Å². The fourth-order valence-electron chi connectivity index (χ4n) is 3.22. The summed E-state index contributed by atoms with van der Waals surface area (Å²) in [5.74, 6) is 1.35. The number of piperidine rings is 1. The van der Waals surface area contributed by atoms with E-state index in [0.29, 0.717) is 0 Å². The van der Waals surface area contributed by atoms with Crippen molar-refractivity contribution < 1.29 is 9.53 Å². The average Bonchev–Trinajstić information content (AvgIpc) is 2.54. The Bertz CT molecular complexity index is 524. The van der Waals surface area contributed by atoms with Gasteiger partial charge < -0.3 is 15.0 Å². The van der Waals surface area contributed by atoms with Crippen molar-refractivity contribution in [1.29, 1.82) is 0 Å². The summed E-state index contributed by atoms with van der Waals surface area (Å²) < 4.78 is 5.97. The predicted molar refractivity (Wildman–Crippen MR) is 84.3 cm³/mol. The van der Waals surface area contributed by atoms with Crippen molar-refractivity contribution in [3.05, 3.63) is 23.8 Å². The Morgan fingerprint density at radius 1 is 1.38 bits per heavy atom. The first kappa shape index (κ1) is 14.4. The molecule has 1 saturated heterocycles. The average molecular weight is 288 g/mol. The number of carbonyl (C=O) groups is 1. The van der Waals surface area contributed by atoms with Gasteiger partial charge in [-0.05, 0) is 50.6 Å². The van der Waals surface area contributed by atoms with Crippen LogP contribution < -0.4 is 15.0 Å². The smallest absolute Gasteiger partial charge is 0.166 e. The fraction of sp³-hybridized carbons (Fsp3) is 0.588. The second-order valence-electron chi connectivity index (χ2n) is 6.10. The molecule has 2 aliphatic heterocycles. The molecule has 2 aliphatic rings. The third-order valence-corrected chi connectivity index (χ3v) is 4.59. The number of ether oxygens (including phenoxy) is 1. The maximum Gasteiger partial charge on any atom is 0.166 e. The maximum absolute atomic E-state index is 12.6. The Labute approximate surface area is 126 Å². The van der Waals surface area contributed by atoms with Gasteiger partial charge in [-0.3, -0.25) is 4.79 Å². The SMILES string of the molecule is CCC1CN(C)c2cc(C(=O)C3CCNCC3)ccc2O1. The van der Waals surface area contributed by atoms with E-state index in [0.717, 1.165) is 55.9 Å². The Morgan fingerprint density at radius 2 is 2.14 bits per heavy atom. The normalized spacial score (nSPS) is 22.6. The lowest BCUT2D eigenvalue weighted by Gasteiger charge is -2.34. The molecule has 1 aromatic carbocycles. The summed E-state index contributed by atoms with van der Waals surface area (Å²) in [5, 5.41) is 3.31. The van der Waals surface area contributed by atoms with Crippen LogP contribution in [0.15, 0.2) is 18.2 Å². The molecular weight excluding hydrogens is 264 g/mol. The van der Waals surface area contributed by atoms with Crippen molar-refractivity contribution in [3.63, 3.8) is 0 Å². The van der Waals surface area contributed by atoms with E-state index in [1.807, 2.05) is 18.2 Å². The predicted octanol–water partition coefficient (Wildman–Crippen LogP) is 2.48. The quantitative estimate of drug-likeness (QED) is 0.868. The molecule has 4 nitrogen and oxygen atoms in total. The summed E-state index contributed by atoms with van der Waals surface area (Å²) >= 11 is 0. The number of likely N-dealkylation sites (N-methyl/N-ethyl adjacent to an activating group) is 1. The first-order chi connectivity index (χ1) is 10.2. The number of hydrogen-bond acceptors (Lipinski definition) is 4. The van der Waals surface area contributed by atoms with Gasteiger partial charge in [0, 0.05) is 18.5 Å². The Morgan fingerprint density at radius 3 is 2.86 bits per heavy atom. The van der Waals surface area contributed by atoms with Gasteiger partial charge in [0.05, 0.1) is 12.2 Å². The maximum atomic E-state index is 12.6. The Kier molecular flexibility index (Phi) is 4.15. The van der Waals surface area contributed by atoms with E-state index >= 15 is 0 Å². The van der Waals surface area contributed by atoms with Crippen LogP contribution in [0.5, 0.6) is 5.75 Å². The number of fused-ring (bicyclic) bond motifs is 1. The number of ketones is 1. The number of hydrogen-bond donors (Lipinski definition) is 1. The standard InChI is InChI=1S/C17H24N2O2/c1-3-14-11-19(2)15-10-13(4-5-16(15)21-14)17(20)12-6-8-18-9-7-12/h4-5,10,12,14,18H,3,6-9,11H2,1-2H3. The fourth-order valence-corrected chi connectivity index (χ4v) is 3.22. The monoisotopic (exact) mass is 288 g/mol. The van der Waals surface area contributed by atoms with Crippen LogP contribution in [0.2, 0.25) is 0 Å². The third kappa shape index (κ3) is 2.91. The molecule has 4 heteroatoms. The van der Waals surface area contributed by atoms with E-state index in [1.165, 1.54) is 0 Å². The topological polar surface area (TPSA) is 41.6 Å². The van der Waals surface area contributed by atoms with Gasteiger partial charge in [-0.25, -0.2) is 0 Å². The van der Waals surface area contributed by atoms with Crippen molar-refractivity contribution in [2.45, 2.75) is 32.3 Å². The lowest BCUT2D eigenvalue weighted by Crippen LogP contribution is -2.37. The molecule has 1 fully saturated rings. The molecule has 1 atom stereocenters. The van der Waals surface area contributed by atoms with Crippen molar-refractivity contribution >= 4 is 11.5 Å². The number of Topliss-reactive ketones (excluding diaryl/α,β-unsaturated/α-hetero) is 1. The molecule has 1 aromatic rings. The van der Waals surface area contributed by atoms with Crippen LogP contribution in [0.4, 0.5) is 5.69 Å². The van der Waals surface area contributed by atoms with E-state index in [1.54, 1.807) is 0 Å². The van der Waals surface area contributed by atoms with E-state index in [2.05, 4.69) is 24.2 Å². The zero-order valence-electron chi connectivity index (χ0n) is 12.9. The van der Waals surface area contributed by atoms with Gasteiger partial charge in [0.1, 0.15) is 11.9 Å². The molecule has 1 unspecified atom stereocenters. The van der Waals surface area contributed by atoms with Crippen molar-refractivity contribution in [2.75, 3.05) is 31.6 Å². The summed E-state index contributed by atoms with van der Waals surface area (Å²) in [4.78, 5) is 14.8. The number of rotatable bonds is 3. The lowest BCUT2D eigenvalue weighted by molar-refractivity contribution is 0.0895. The van der Waals surface area contributed by atoms with Crippen LogP contribution in [0, 0.1) is 5.92 Å². The molecule has 0 amide bonds. The van der Waals surface area contributed by atoms with Crippen LogP contribution in [-0.2, 0) is 0 Å². The Hall–Kier alpha value is -1.55. The molecule has 0 aromatic heterocycles. The molecule has 0 spiro atoms. The minimum atomic E-state index is 0.169. The van der Waals surface area contributed by atoms with Crippen LogP contribution in [0.3, 0.4) is 0 Å². The van der Waals surface area contributed by atoms with Crippen LogP contribution >= 0.6 is 0 Å². The van der Waals surface area contributed by atoms with Crippen molar-refractivity contribution in [1.82, 2.24) is 5.32 Å². The van der Waals surface area contributed by atoms with Gasteiger partial charge in [-0.1, -0.05) is 6.92 Å². The van der Waals surface area contributed by atoms with Crippen LogP contribution in [0.25, 0.3) is 0 Å². The summed E-state index contributed by atoms with van der Waals surface area (Å²) in [5.41, 5.74) is 1.87. The van der Waals surface area contributed by atoms with E-state index in [9.17, 15) is 4.79 Å². The van der Waals surface area contributed by atoms with Gasteiger partial charge in [-0.2, -0.15) is 0 Å². The highest BCUT2D eigenvalue weighted by Gasteiger charge is 2.26. The zero-order valence-corrected chi connectivity index (χ0v) is 12.9. The number of nitrogens with one attached hydrogen (secondary N) is 1. The summed E-state index contributed by atoms with van der Waals surface area (Å²) in [6, 6.07) is 5.89. The van der Waals surface area contributed by atoms with Crippen LogP contribution in [-0.4, -0.2) is 38.6 Å². The highest BCUT2D eigenvalue weighted by atomic mass is 16.5.